The van der Waals surface area contributed by atoms with Crippen LogP contribution in [-0.2, 0) is 38.7 Å². The Kier molecular flexibility index (Phi) is 26.7. The van der Waals surface area contributed by atoms with E-state index in [1.807, 2.05) is 75.4 Å². The fraction of sp³-hybridized carbons (Fsp3) is 0.568. The lowest BCUT2D eigenvalue weighted by molar-refractivity contribution is -0.167. The highest BCUT2D eigenvalue weighted by atomic mass is 32.2. The number of piperazine rings is 2. The van der Waals surface area contributed by atoms with Crippen LogP contribution in [0.4, 0.5) is 16.2 Å². The van der Waals surface area contributed by atoms with Gasteiger partial charge in [-0.05, 0) is 159 Å². The summed E-state index contributed by atoms with van der Waals surface area (Å²) in [6.45, 7) is 28.1. The molecule has 0 radical (unpaired) electrons. The maximum Gasteiger partial charge on any atom is 0.317 e. The van der Waals surface area contributed by atoms with Crippen LogP contribution in [0.5, 0.6) is 0 Å². The molecule has 6 fully saturated rings. The third-order valence-corrected chi connectivity index (χ3v) is 25.7. The molecule has 5 aromatic rings. The molecule has 23 nitrogen and oxygen atoms in total. The predicted molar refractivity (Wildman–Crippen MR) is 421 cm³/mol. The second kappa shape index (κ2) is 35.5. The van der Waals surface area contributed by atoms with Gasteiger partial charge in [-0.15, -0.1) is 23.1 Å². The summed E-state index contributed by atoms with van der Waals surface area (Å²) < 4.78 is 41.2. The lowest BCUT2D eigenvalue weighted by Gasteiger charge is -2.72. The van der Waals surface area contributed by atoms with Crippen molar-refractivity contribution >= 4 is 80.1 Å². The number of benzene rings is 4. The summed E-state index contributed by atoms with van der Waals surface area (Å²) in [6, 6.07) is 27.8. The Labute approximate surface area is 640 Å². The van der Waals surface area contributed by atoms with Gasteiger partial charge in [0.1, 0.15) is 12.1 Å². The molecule has 3 saturated heterocycles. The number of carbonyl (C=O) groups excluding carboxylic acids is 6. The van der Waals surface area contributed by atoms with E-state index in [-0.39, 0.29) is 93.3 Å². The van der Waals surface area contributed by atoms with Crippen molar-refractivity contribution in [1.29, 1.82) is 0 Å². The fourth-order valence-corrected chi connectivity index (χ4v) is 19.1. The molecule has 7 aliphatic rings. The number of aryl methyl sites for hydroxylation is 2. The number of ether oxygens (including phenoxy) is 2. The predicted octanol–water partition coefficient (Wildman–Crippen LogP) is 9.95. The quantitative estimate of drug-likeness (QED) is 0.0117. The molecule has 7 N–H and O–H groups in total. The van der Waals surface area contributed by atoms with Crippen molar-refractivity contribution in [3.8, 4) is 10.4 Å². The van der Waals surface area contributed by atoms with E-state index in [0.29, 0.717) is 49.0 Å². The van der Waals surface area contributed by atoms with Gasteiger partial charge >= 0.3 is 6.03 Å². The Balaban J connectivity index is 0.541. The van der Waals surface area contributed by atoms with E-state index in [1.54, 1.807) is 95.8 Å². The van der Waals surface area contributed by atoms with Crippen molar-refractivity contribution in [1.82, 2.24) is 50.6 Å². The Bertz CT molecular complexity index is 4040. The number of hydrogen-bond donors (Lipinski definition) is 7. The number of nitrogens with one attached hydrogen (secondary N) is 6. The van der Waals surface area contributed by atoms with E-state index in [0.717, 1.165) is 95.0 Å². The molecule has 1 aromatic heterocycles. The van der Waals surface area contributed by atoms with Crippen molar-refractivity contribution in [3.63, 3.8) is 0 Å². The largest absolute Gasteiger partial charge is 0.391 e. The first-order valence-electron chi connectivity index (χ1n) is 38.2. The third-order valence-electron chi connectivity index (χ3n) is 22.2. The number of allylic oxidation sites excluding steroid dienone is 1. The van der Waals surface area contributed by atoms with Crippen molar-refractivity contribution in [2.75, 3.05) is 127 Å². The zero-order valence-corrected chi connectivity index (χ0v) is 66.4. The van der Waals surface area contributed by atoms with E-state index >= 15 is 0 Å². The van der Waals surface area contributed by atoms with Crippen LogP contribution in [0.15, 0.2) is 124 Å². The number of likely N-dealkylation sites (tertiary alicyclic amines) is 1. The Morgan fingerprint density at radius 1 is 0.776 bits per heavy atom. The normalized spacial score (nSPS) is 21.9. The molecule has 2 bridgehead atoms. The Morgan fingerprint density at radius 3 is 2.08 bits per heavy atom. The zero-order valence-electron chi connectivity index (χ0n) is 63.9. The molecular weight excluding hydrogens is 1410 g/mol. The first kappa shape index (κ1) is 80.6. The Hall–Kier alpha value is -7.43. The summed E-state index contributed by atoms with van der Waals surface area (Å²) in [7, 11) is -4.19. The van der Waals surface area contributed by atoms with Gasteiger partial charge in [0.05, 0.1) is 59.6 Å². The smallest absolute Gasteiger partial charge is 0.317 e. The van der Waals surface area contributed by atoms with E-state index in [9.17, 15) is 42.3 Å². The highest BCUT2D eigenvalue weighted by Gasteiger charge is 2.67. The molecular formula is C81H112N12O11S3. The maximum absolute atomic E-state index is 14.2. The van der Waals surface area contributed by atoms with Crippen molar-refractivity contribution in [2.24, 2.45) is 21.7 Å². The van der Waals surface area contributed by atoms with Gasteiger partial charge in [0.25, 0.3) is 15.9 Å². The number of thiazole rings is 1. The number of carbonyl (C=O) groups is 6. The molecule has 107 heavy (non-hydrogen) atoms. The summed E-state index contributed by atoms with van der Waals surface area (Å²) in [4.78, 5) is 97.7. The van der Waals surface area contributed by atoms with E-state index < -0.39 is 57.3 Å². The summed E-state index contributed by atoms with van der Waals surface area (Å²) in [6.07, 6.45) is 7.48. The van der Waals surface area contributed by atoms with Crippen molar-refractivity contribution in [2.45, 2.75) is 167 Å². The van der Waals surface area contributed by atoms with E-state index in [4.69, 9.17) is 9.47 Å². The van der Waals surface area contributed by atoms with Crippen LogP contribution >= 0.6 is 23.1 Å². The average molecular weight is 1530 g/mol. The molecule has 26 heteroatoms. The number of aromatic nitrogens is 1. The number of urea groups is 1. The summed E-state index contributed by atoms with van der Waals surface area (Å²) in [5, 5.41) is 25.9. The molecule has 0 unspecified atom stereocenters. The number of anilines is 2. The first-order valence-corrected chi connectivity index (χ1v) is 41.5. The molecule has 580 valence electrons. The Morgan fingerprint density at radius 2 is 1.44 bits per heavy atom. The molecule has 4 aromatic carbocycles. The van der Waals surface area contributed by atoms with Gasteiger partial charge in [0.2, 0.25) is 23.6 Å². The van der Waals surface area contributed by atoms with Gasteiger partial charge < -0.3 is 55.9 Å². The number of amides is 7. The second-order valence-corrected chi connectivity index (χ2v) is 36.2. The summed E-state index contributed by atoms with van der Waals surface area (Å²) >= 11 is 3.31. The van der Waals surface area contributed by atoms with E-state index in [1.165, 1.54) is 43.4 Å². The topological polar surface area (TPSA) is 277 Å². The van der Waals surface area contributed by atoms with Gasteiger partial charge in [0.15, 0.2) is 0 Å². The lowest BCUT2D eigenvalue weighted by atomic mass is 9.33. The summed E-state index contributed by atoms with van der Waals surface area (Å²) in [5.41, 5.74) is 11.7. The molecule has 3 saturated carbocycles. The molecule has 0 spiro atoms. The third kappa shape index (κ3) is 21.3. The van der Waals surface area contributed by atoms with Crippen LogP contribution in [0.1, 0.15) is 146 Å². The van der Waals surface area contributed by atoms with Crippen LogP contribution in [0, 0.1) is 35.5 Å². The minimum Gasteiger partial charge on any atom is -0.391 e. The minimum absolute atomic E-state index is 0.00694. The molecule has 4 aliphatic carbocycles. The van der Waals surface area contributed by atoms with Crippen LogP contribution in [0.3, 0.4) is 0 Å². The van der Waals surface area contributed by atoms with Gasteiger partial charge in [-0.25, -0.2) is 22.9 Å². The van der Waals surface area contributed by atoms with Crippen molar-refractivity contribution in [3.05, 3.63) is 136 Å². The van der Waals surface area contributed by atoms with E-state index in [2.05, 4.69) is 83.9 Å². The monoisotopic (exact) mass is 1520 g/mol. The fourth-order valence-electron chi connectivity index (χ4n) is 16.3. The lowest BCUT2D eigenvalue weighted by Crippen LogP contribution is -2.61. The number of thioether (sulfide) groups is 1. The van der Waals surface area contributed by atoms with Crippen LogP contribution in [0.2, 0.25) is 0 Å². The zero-order chi connectivity index (χ0) is 76.3. The molecule has 5 atom stereocenters. The number of rotatable bonds is 33. The van der Waals surface area contributed by atoms with Crippen LogP contribution in [-0.4, -0.2) is 215 Å². The number of sulfonamides is 1. The number of hydrogen-bond acceptors (Lipinski definition) is 18. The number of β-amino-alcohol motifs (C(OH)–C–C–N with tert-alkyl or cyclic N) is 1. The number of aliphatic hydroxyl groups excluding tert-OH is 1. The molecule has 12 rings (SSSR count). The molecule has 3 aliphatic heterocycles. The van der Waals surface area contributed by atoms with Gasteiger partial charge in [-0.2, -0.15) is 0 Å². The van der Waals surface area contributed by atoms with Gasteiger partial charge in [-0.1, -0.05) is 95.2 Å². The minimum atomic E-state index is -4.19. The van der Waals surface area contributed by atoms with Gasteiger partial charge in [-0.3, -0.25) is 33.8 Å². The average Bonchev–Trinajstić information content (AvgIpc) is 0.940. The maximum atomic E-state index is 14.2. The molecule has 4 heterocycles. The summed E-state index contributed by atoms with van der Waals surface area (Å²) in [5.74, 6) is -1.68. The first-order chi connectivity index (χ1) is 51.0. The number of nitrogens with zero attached hydrogens (tertiary/aromatic N) is 6. The second-order valence-electron chi connectivity index (χ2n) is 32.5. The number of aliphatic hydroxyl groups is 1. The van der Waals surface area contributed by atoms with Gasteiger partial charge in [0, 0.05) is 138 Å². The van der Waals surface area contributed by atoms with Crippen molar-refractivity contribution < 1.29 is 51.8 Å². The standard InChI is InChI=1S/C81H112N12O11S3/c1-55-45-66(107(101,102)88-74(97)60-19-21-63(22-20-60)91-37-35-90(36-38-91)48-61-27-29-79(7,8)47-67(61)81-51-80(9,52-81)53-81)23-24-68(55)86-62(50-105-65-13-11-10-12-14-65)28-32-89-33-39-92(40-34-89)77(100)83-31-42-104-44-43-103-41-30-82-70(95)25-26-71(96)87-73(78(4,5)6)76(99)93-49-64(94)46-69(93)75(98)85-56(2)58-15-17-59(18-16-58)72-57(3)84-54-106-72/h10-24,45,54,56,62,64,69,73,86,94H,25-44,46-53H2,1-9H3,(H,82,95)(H,83,100)(H,85,98)(H,87,96)(H,88,97)/t56-,62+,64+,69-,73+,80?,81?/m0/s1. The van der Waals surface area contributed by atoms with Crippen LogP contribution < -0.4 is 36.2 Å². The highest BCUT2D eigenvalue weighted by Crippen LogP contribution is 2.77. The molecule has 7 amide bonds. The SMILES string of the molecule is Cc1cc(S(=O)(=O)NC(=O)c2ccc(N3CCN(CC4=C(C56CC(C)(C5)C6)CC(C)(C)CC4)CC3)cc2)ccc1N[C@H](CCN1CCN(C(=O)NCCOCCOCCNC(=O)CCC(=O)N[C@H](C(=O)N2C[C@H](O)C[C@H]2C(=O)N[C@@H](C)c2ccc(-c3scnc3C)cc2)C(C)(C)C)CC1)CSc1ccccc1. The highest BCUT2D eigenvalue weighted by molar-refractivity contribution is 7.99. The van der Waals surface area contributed by atoms with Crippen LogP contribution in [0.25, 0.3) is 10.4 Å².